The SMILES string of the molecule is COc1cc(C)c(S(=O)(=O)N(C)CCOCC(=O)N2CCN(C3CC4CCC(C3)N4C)CC2)cc1C. The molecular formula is C26H42N4O5S. The normalized spacial score (nSPS) is 25.5. The van der Waals surface area contributed by atoms with Gasteiger partial charge in [0, 0.05) is 57.9 Å². The maximum Gasteiger partial charge on any atom is 0.248 e. The van der Waals surface area contributed by atoms with E-state index >= 15 is 0 Å². The molecule has 3 aliphatic heterocycles. The van der Waals surface area contributed by atoms with Gasteiger partial charge < -0.3 is 19.3 Å². The second-order valence-corrected chi connectivity index (χ2v) is 12.6. The van der Waals surface area contributed by atoms with Gasteiger partial charge in [0.25, 0.3) is 0 Å². The summed E-state index contributed by atoms with van der Waals surface area (Å²) in [7, 11) is 1.70. The molecule has 2 atom stereocenters. The molecule has 0 saturated carbocycles. The number of piperidine rings is 1. The van der Waals surface area contributed by atoms with Gasteiger partial charge in [0.1, 0.15) is 12.4 Å². The van der Waals surface area contributed by atoms with E-state index in [9.17, 15) is 13.2 Å². The molecule has 36 heavy (non-hydrogen) atoms. The van der Waals surface area contributed by atoms with Crippen LogP contribution in [-0.2, 0) is 19.6 Å². The quantitative estimate of drug-likeness (QED) is 0.457. The van der Waals surface area contributed by atoms with Gasteiger partial charge in [-0.15, -0.1) is 0 Å². The van der Waals surface area contributed by atoms with Gasteiger partial charge in [-0.1, -0.05) is 0 Å². The molecule has 2 bridgehead atoms. The van der Waals surface area contributed by atoms with Gasteiger partial charge in [0.15, 0.2) is 0 Å². The first-order chi connectivity index (χ1) is 17.1. The number of benzene rings is 1. The lowest BCUT2D eigenvalue weighted by atomic mass is 9.96. The van der Waals surface area contributed by atoms with Gasteiger partial charge in [0.2, 0.25) is 15.9 Å². The fourth-order valence-electron chi connectivity index (χ4n) is 6.01. The first-order valence-corrected chi connectivity index (χ1v) is 14.5. The van der Waals surface area contributed by atoms with Crippen molar-refractivity contribution in [3.05, 3.63) is 23.3 Å². The Hall–Kier alpha value is -1.72. The second-order valence-electron chi connectivity index (χ2n) is 10.6. The molecular weight excluding hydrogens is 480 g/mol. The number of rotatable bonds is 9. The number of hydrogen-bond acceptors (Lipinski definition) is 7. The third-order valence-corrected chi connectivity index (χ3v) is 10.4. The molecule has 0 radical (unpaired) electrons. The summed E-state index contributed by atoms with van der Waals surface area (Å²) in [5.41, 5.74) is 1.40. The lowest BCUT2D eigenvalue weighted by Crippen LogP contribution is -2.56. The van der Waals surface area contributed by atoms with E-state index in [-0.39, 0.29) is 30.6 Å². The van der Waals surface area contributed by atoms with Crippen LogP contribution in [-0.4, -0.2) is 119 Å². The molecule has 0 N–H and O–H groups in total. The van der Waals surface area contributed by atoms with Gasteiger partial charge in [-0.2, -0.15) is 4.31 Å². The topological polar surface area (TPSA) is 82.6 Å². The smallest absolute Gasteiger partial charge is 0.248 e. The van der Waals surface area contributed by atoms with Crippen molar-refractivity contribution < 1.29 is 22.7 Å². The van der Waals surface area contributed by atoms with Gasteiger partial charge in [0.05, 0.1) is 18.6 Å². The number of ether oxygens (including phenoxy) is 2. The molecule has 0 aliphatic carbocycles. The Labute approximate surface area is 216 Å². The van der Waals surface area contributed by atoms with E-state index in [1.165, 1.54) is 37.0 Å². The van der Waals surface area contributed by atoms with Crippen LogP contribution in [0.1, 0.15) is 36.8 Å². The van der Waals surface area contributed by atoms with Gasteiger partial charge >= 0.3 is 0 Å². The van der Waals surface area contributed by atoms with E-state index < -0.39 is 10.0 Å². The van der Waals surface area contributed by atoms with Crippen molar-refractivity contribution in [1.82, 2.24) is 19.0 Å². The largest absolute Gasteiger partial charge is 0.496 e. The van der Waals surface area contributed by atoms with Crippen molar-refractivity contribution >= 4 is 15.9 Å². The molecule has 9 nitrogen and oxygen atoms in total. The Morgan fingerprint density at radius 2 is 1.67 bits per heavy atom. The summed E-state index contributed by atoms with van der Waals surface area (Å²) < 4.78 is 38.3. The summed E-state index contributed by atoms with van der Waals surface area (Å²) in [6.45, 7) is 7.19. The summed E-state index contributed by atoms with van der Waals surface area (Å²) >= 11 is 0. The molecule has 10 heteroatoms. The zero-order valence-corrected chi connectivity index (χ0v) is 23.2. The number of hydrogen-bond donors (Lipinski definition) is 0. The van der Waals surface area contributed by atoms with E-state index in [1.54, 1.807) is 26.2 Å². The first kappa shape index (κ1) is 27.3. The third kappa shape index (κ3) is 5.72. The van der Waals surface area contributed by atoms with Crippen LogP contribution in [0.5, 0.6) is 5.75 Å². The lowest BCUT2D eigenvalue weighted by molar-refractivity contribution is -0.138. The molecule has 2 unspecified atom stereocenters. The number of fused-ring (bicyclic) bond motifs is 2. The standard InChI is InChI=1S/C26H42N4O5S/c1-19-15-25(20(2)14-24(19)34-5)36(32,33)27(3)12-13-35-18-26(31)30-10-8-29(9-11-30)23-16-21-6-7-22(17-23)28(21)4/h14-15,21-23H,6-13,16-18H2,1-5H3. The van der Waals surface area contributed by atoms with Crippen molar-refractivity contribution in [3.8, 4) is 5.75 Å². The zero-order chi connectivity index (χ0) is 26.0. The number of aryl methyl sites for hydroxylation is 2. The predicted octanol–water partition coefficient (Wildman–Crippen LogP) is 1.72. The van der Waals surface area contributed by atoms with Crippen molar-refractivity contribution in [3.63, 3.8) is 0 Å². The van der Waals surface area contributed by atoms with Crippen LogP contribution in [0.4, 0.5) is 0 Å². The molecule has 3 saturated heterocycles. The number of amides is 1. The van der Waals surface area contributed by atoms with Crippen LogP contribution in [0.15, 0.2) is 17.0 Å². The van der Waals surface area contributed by atoms with Crippen LogP contribution >= 0.6 is 0 Å². The summed E-state index contributed by atoms with van der Waals surface area (Å²) in [6, 6.07) is 5.47. The zero-order valence-electron chi connectivity index (χ0n) is 22.4. The minimum atomic E-state index is -3.67. The van der Waals surface area contributed by atoms with E-state index in [2.05, 4.69) is 16.8 Å². The molecule has 3 fully saturated rings. The Morgan fingerprint density at radius 1 is 1.03 bits per heavy atom. The maximum absolute atomic E-state index is 13.1. The van der Waals surface area contributed by atoms with Crippen LogP contribution < -0.4 is 4.74 Å². The molecule has 1 aromatic carbocycles. The van der Waals surface area contributed by atoms with Crippen LogP contribution in [0, 0.1) is 13.8 Å². The molecule has 4 rings (SSSR count). The maximum atomic E-state index is 13.1. The summed E-state index contributed by atoms with van der Waals surface area (Å²) in [4.78, 5) is 20.0. The number of likely N-dealkylation sites (N-methyl/N-ethyl adjacent to an activating group) is 1. The van der Waals surface area contributed by atoms with Crippen molar-refractivity contribution in [2.45, 2.75) is 62.6 Å². The van der Waals surface area contributed by atoms with E-state index in [1.807, 2.05) is 11.8 Å². The average Bonchev–Trinajstić information content (AvgIpc) is 3.06. The molecule has 0 aromatic heterocycles. The number of piperazine rings is 1. The Bertz CT molecular complexity index is 1030. The summed E-state index contributed by atoms with van der Waals surface area (Å²) in [5.74, 6) is 0.639. The number of sulfonamides is 1. The molecule has 1 amide bonds. The Kier molecular flexibility index (Phi) is 8.61. The Morgan fingerprint density at radius 3 is 2.28 bits per heavy atom. The number of carbonyl (C=O) groups is 1. The summed E-state index contributed by atoms with van der Waals surface area (Å²) in [5, 5.41) is 0. The highest BCUT2D eigenvalue weighted by Crippen LogP contribution is 2.36. The van der Waals surface area contributed by atoms with Crippen molar-refractivity contribution in [1.29, 1.82) is 0 Å². The fourth-order valence-corrected chi connectivity index (χ4v) is 7.45. The van der Waals surface area contributed by atoms with Crippen molar-refractivity contribution in [2.24, 2.45) is 0 Å². The van der Waals surface area contributed by atoms with Gasteiger partial charge in [-0.05, 0) is 69.8 Å². The second kappa shape index (κ2) is 11.3. The minimum Gasteiger partial charge on any atom is -0.496 e. The van der Waals surface area contributed by atoms with E-state index in [0.717, 1.165) is 43.8 Å². The lowest BCUT2D eigenvalue weighted by Gasteiger charge is -2.45. The van der Waals surface area contributed by atoms with Crippen molar-refractivity contribution in [2.75, 3.05) is 67.1 Å². The highest BCUT2D eigenvalue weighted by atomic mass is 32.2. The van der Waals surface area contributed by atoms with Crippen LogP contribution in [0.25, 0.3) is 0 Å². The van der Waals surface area contributed by atoms with Gasteiger partial charge in [-0.25, -0.2) is 8.42 Å². The van der Waals surface area contributed by atoms with Crippen LogP contribution in [0.2, 0.25) is 0 Å². The molecule has 0 spiro atoms. The highest BCUT2D eigenvalue weighted by Gasteiger charge is 2.41. The summed E-state index contributed by atoms with van der Waals surface area (Å²) in [6.07, 6.45) is 5.14. The number of nitrogens with zero attached hydrogens (tertiary/aromatic N) is 4. The van der Waals surface area contributed by atoms with E-state index in [4.69, 9.17) is 9.47 Å². The Balaban J connectivity index is 1.19. The fraction of sp³-hybridized carbons (Fsp3) is 0.731. The molecule has 1 aromatic rings. The molecule has 202 valence electrons. The van der Waals surface area contributed by atoms with Gasteiger partial charge in [-0.3, -0.25) is 9.69 Å². The van der Waals surface area contributed by atoms with Crippen LogP contribution in [0.3, 0.4) is 0 Å². The minimum absolute atomic E-state index is 0.0209. The average molecular weight is 523 g/mol. The monoisotopic (exact) mass is 522 g/mol. The first-order valence-electron chi connectivity index (χ1n) is 13.0. The number of methoxy groups -OCH3 is 1. The van der Waals surface area contributed by atoms with E-state index in [0.29, 0.717) is 17.4 Å². The molecule has 3 heterocycles. The third-order valence-electron chi connectivity index (χ3n) is 8.41. The highest BCUT2D eigenvalue weighted by molar-refractivity contribution is 7.89. The molecule has 3 aliphatic rings. The predicted molar refractivity (Wildman–Crippen MR) is 139 cm³/mol. The number of carbonyl (C=O) groups excluding carboxylic acids is 1.